The third-order valence-electron chi connectivity index (χ3n) is 1.84. The highest BCUT2D eigenvalue weighted by molar-refractivity contribution is 5.92. The van der Waals surface area contributed by atoms with Crippen LogP contribution < -0.4 is 0 Å². The van der Waals surface area contributed by atoms with Crippen LogP contribution in [0.25, 0.3) is 0 Å². The van der Waals surface area contributed by atoms with E-state index >= 15 is 0 Å². The molecule has 0 atom stereocenters. The number of phenolic OH excluding ortho intramolecular Hbond substituents is 1. The highest BCUT2D eigenvalue weighted by Crippen LogP contribution is 2.23. The number of phenols is 1. The third-order valence-corrected chi connectivity index (χ3v) is 1.84. The maximum absolute atomic E-state index is 10.1. The summed E-state index contributed by atoms with van der Waals surface area (Å²) in [6.07, 6.45) is 0.525. The molecule has 90 valence electrons. The van der Waals surface area contributed by atoms with E-state index in [4.69, 9.17) is 5.11 Å². The summed E-state index contributed by atoms with van der Waals surface area (Å²) in [6, 6.07) is 5.55. The zero-order valence-electron chi connectivity index (χ0n) is 8.66. The van der Waals surface area contributed by atoms with E-state index in [1.54, 1.807) is 0 Å². The number of carbonyl (C=O) groups is 2. The van der Waals surface area contributed by atoms with Crippen molar-refractivity contribution in [2.24, 2.45) is 0 Å². The summed E-state index contributed by atoms with van der Waals surface area (Å²) in [6.45, 7) is 0. The maximum atomic E-state index is 10.1. The fourth-order valence-electron chi connectivity index (χ4n) is 1.05. The van der Waals surface area contributed by atoms with Crippen LogP contribution in [0.2, 0.25) is 0 Å². The van der Waals surface area contributed by atoms with Gasteiger partial charge in [-0.15, -0.1) is 0 Å². The summed E-state index contributed by atoms with van der Waals surface area (Å²) in [5, 5.41) is 18.9. The largest absolute Gasteiger partial charge is 0.502 e. The first-order chi connectivity index (χ1) is 8.00. The predicted octanol–water partition coefficient (Wildman–Crippen LogP) is 1.15. The predicted molar refractivity (Wildman–Crippen MR) is 55.1 cm³/mol. The Morgan fingerprint density at radius 1 is 1.18 bits per heavy atom. The van der Waals surface area contributed by atoms with E-state index in [2.05, 4.69) is 4.74 Å². The number of rotatable bonds is 1. The second-order valence-corrected chi connectivity index (χ2v) is 3.09. The molecule has 7 heteroatoms. The summed E-state index contributed by atoms with van der Waals surface area (Å²) in [5.41, 5.74) is -0.262. The molecule has 1 heterocycles. The molecule has 2 rings (SSSR count). The second-order valence-electron chi connectivity index (χ2n) is 3.09. The van der Waals surface area contributed by atoms with Crippen LogP contribution >= 0.6 is 0 Å². The summed E-state index contributed by atoms with van der Waals surface area (Å²) in [4.78, 5) is 29.5. The average Bonchev–Trinajstić information content (AvgIpc) is 2.63. The lowest BCUT2D eigenvalue weighted by molar-refractivity contribution is -0.385. The van der Waals surface area contributed by atoms with Gasteiger partial charge in [0.2, 0.25) is 0 Å². The van der Waals surface area contributed by atoms with Gasteiger partial charge in [0.1, 0.15) is 0 Å². The maximum Gasteiger partial charge on any atom is 0.314 e. The number of benzene rings is 1. The van der Waals surface area contributed by atoms with Gasteiger partial charge in [-0.25, -0.2) is 0 Å². The molecule has 0 bridgehead atoms. The molecule has 0 aromatic heterocycles. The van der Waals surface area contributed by atoms with Crippen LogP contribution in [0, 0.1) is 10.1 Å². The molecule has 0 saturated carbocycles. The van der Waals surface area contributed by atoms with Gasteiger partial charge in [0.05, 0.1) is 17.8 Å². The number of nitrogens with zero attached hydrogens (tertiary/aromatic N) is 1. The average molecular weight is 239 g/mol. The lowest BCUT2D eigenvalue weighted by atomic mass is 10.3. The third kappa shape index (κ3) is 3.90. The van der Waals surface area contributed by atoms with Gasteiger partial charge in [0, 0.05) is 6.07 Å². The van der Waals surface area contributed by atoms with Crippen LogP contribution in [0.4, 0.5) is 5.69 Å². The van der Waals surface area contributed by atoms with E-state index in [0.717, 1.165) is 0 Å². The number of carbonyl (C=O) groups excluding carboxylic acids is 2. The van der Waals surface area contributed by atoms with E-state index in [-0.39, 0.29) is 24.3 Å². The van der Waals surface area contributed by atoms with Crippen molar-refractivity contribution in [3.63, 3.8) is 0 Å². The van der Waals surface area contributed by atoms with Crippen LogP contribution in [0.1, 0.15) is 12.8 Å². The summed E-state index contributed by atoms with van der Waals surface area (Å²) in [7, 11) is 0. The molecule has 1 aliphatic rings. The number of esters is 2. The highest BCUT2D eigenvalue weighted by atomic mass is 16.6. The molecular weight excluding hydrogens is 230 g/mol. The molecule has 0 amide bonds. The van der Waals surface area contributed by atoms with Gasteiger partial charge in [0.15, 0.2) is 5.75 Å². The Morgan fingerprint density at radius 2 is 1.71 bits per heavy atom. The van der Waals surface area contributed by atoms with Crippen molar-refractivity contribution in [3.8, 4) is 5.75 Å². The molecule has 1 fully saturated rings. The molecule has 1 saturated heterocycles. The molecule has 1 aromatic rings. The molecule has 17 heavy (non-hydrogen) atoms. The number of para-hydroxylation sites is 2. The van der Waals surface area contributed by atoms with E-state index in [1.807, 2.05) is 0 Å². The minimum Gasteiger partial charge on any atom is -0.502 e. The molecule has 1 aromatic carbocycles. The first-order valence-corrected chi connectivity index (χ1v) is 4.66. The fourth-order valence-corrected chi connectivity index (χ4v) is 1.05. The smallest absolute Gasteiger partial charge is 0.314 e. The lowest BCUT2D eigenvalue weighted by Crippen LogP contribution is -1.94. The van der Waals surface area contributed by atoms with E-state index in [1.165, 1.54) is 24.3 Å². The molecule has 0 radical (unpaired) electrons. The van der Waals surface area contributed by atoms with Gasteiger partial charge in [-0.2, -0.15) is 0 Å². The van der Waals surface area contributed by atoms with Crippen molar-refractivity contribution in [2.75, 3.05) is 0 Å². The number of hydrogen-bond acceptors (Lipinski definition) is 6. The minimum atomic E-state index is -0.630. The number of hydrogen-bond donors (Lipinski definition) is 1. The zero-order chi connectivity index (χ0) is 12.8. The van der Waals surface area contributed by atoms with E-state index in [9.17, 15) is 19.7 Å². The number of nitro benzene ring substituents is 1. The van der Waals surface area contributed by atoms with Gasteiger partial charge >= 0.3 is 17.6 Å². The Morgan fingerprint density at radius 3 is 2.00 bits per heavy atom. The van der Waals surface area contributed by atoms with Crippen molar-refractivity contribution < 1.29 is 24.4 Å². The fraction of sp³-hybridized carbons (Fsp3) is 0.200. The number of cyclic esters (lactones) is 2. The summed E-state index contributed by atoms with van der Waals surface area (Å²) >= 11 is 0. The van der Waals surface area contributed by atoms with Crippen molar-refractivity contribution in [2.45, 2.75) is 12.8 Å². The Labute approximate surface area is 95.8 Å². The molecule has 7 nitrogen and oxygen atoms in total. The summed E-state index contributed by atoms with van der Waals surface area (Å²) in [5.74, 6) is -1.09. The first kappa shape index (κ1) is 12.6. The first-order valence-electron chi connectivity index (χ1n) is 4.66. The summed E-state index contributed by atoms with van der Waals surface area (Å²) < 4.78 is 4.08. The van der Waals surface area contributed by atoms with Crippen LogP contribution in [0.3, 0.4) is 0 Å². The van der Waals surface area contributed by atoms with Gasteiger partial charge < -0.3 is 9.84 Å². The topological polar surface area (TPSA) is 107 Å². The monoisotopic (exact) mass is 239 g/mol. The number of nitro groups is 1. The molecule has 0 spiro atoms. The SMILES string of the molecule is O=C1CCC(=O)O1.O=[N+]([O-])c1ccccc1O. The van der Waals surface area contributed by atoms with Crippen molar-refractivity contribution >= 4 is 17.6 Å². The Bertz CT molecular complexity index is 442. The van der Waals surface area contributed by atoms with E-state index < -0.39 is 16.9 Å². The van der Waals surface area contributed by atoms with Crippen molar-refractivity contribution in [1.29, 1.82) is 0 Å². The molecule has 1 N–H and O–H groups in total. The molecule has 1 aliphatic heterocycles. The van der Waals surface area contributed by atoms with Crippen LogP contribution in [-0.2, 0) is 14.3 Å². The van der Waals surface area contributed by atoms with Gasteiger partial charge in [-0.3, -0.25) is 19.7 Å². The van der Waals surface area contributed by atoms with Gasteiger partial charge in [0.25, 0.3) is 0 Å². The van der Waals surface area contributed by atoms with Gasteiger partial charge in [-0.05, 0) is 6.07 Å². The normalized spacial score (nSPS) is 13.6. The lowest BCUT2D eigenvalue weighted by Gasteiger charge is -1.91. The highest BCUT2D eigenvalue weighted by Gasteiger charge is 2.19. The van der Waals surface area contributed by atoms with Crippen molar-refractivity contribution in [1.82, 2.24) is 0 Å². The standard InChI is InChI=1S/C6H5NO3.C4H4O3/c8-6-4-2-1-3-5(6)7(9)10;5-3-1-2-4(6)7-3/h1-4,8H;1-2H2. The van der Waals surface area contributed by atoms with E-state index in [0.29, 0.717) is 0 Å². The molecule has 0 aliphatic carbocycles. The Hall–Kier alpha value is -2.44. The Balaban J connectivity index is 0.000000181. The minimum absolute atomic E-state index is 0.262. The van der Waals surface area contributed by atoms with Crippen molar-refractivity contribution in [3.05, 3.63) is 34.4 Å². The van der Waals surface area contributed by atoms with Gasteiger partial charge in [-0.1, -0.05) is 12.1 Å². The Kier molecular flexibility index (Phi) is 4.15. The second kappa shape index (κ2) is 5.59. The number of aromatic hydroxyl groups is 1. The number of ether oxygens (including phenoxy) is 1. The molecule has 0 unspecified atom stereocenters. The van der Waals surface area contributed by atoms with Crippen LogP contribution in [-0.4, -0.2) is 22.0 Å². The molecular formula is C10H9NO6. The quantitative estimate of drug-likeness (QED) is 0.341. The van der Waals surface area contributed by atoms with Crippen LogP contribution in [0.5, 0.6) is 5.75 Å². The van der Waals surface area contributed by atoms with Crippen LogP contribution in [0.15, 0.2) is 24.3 Å². The zero-order valence-corrected chi connectivity index (χ0v) is 8.66.